The van der Waals surface area contributed by atoms with Crippen LogP contribution in [0.2, 0.25) is 0 Å². The van der Waals surface area contributed by atoms with Gasteiger partial charge in [-0.3, -0.25) is 9.11 Å². The molecule has 0 bridgehead atoms. The molecular weight excluding hydrogens is 949 g/mol. The SMILES string of the molecule is COc1cc(-c2ccc(N=C(O)c3ccc(N=Nc4c(O)cc(S(=O)(=O)O)c5ccccc45)c(O)c3)c(OC)c2)ccc1N=C(O)c1ccc(N=Nc2c(O)cc(S(=O)(=O)O)c3ccccc23)c(O)c1. The topological polar surface area (TPSA) is 323 Å². The third-order valence-corrected chi connectivity index (χ3v) is 12.4. The van der Waals surface area contributed by atoms with Gasteiger partial charge in [-0.05, 0) is 71.8 Å². The fraction of sp³-hybridized carbons (Fsp3) is 0.0417. The number of phenolic OH excluding ortho intramolecular Hbond substituents is 4. The molecule has 8 N–H and O–H groups in total. The van der Waals surface area contributed by atoms with E-state index in [0.717, 1.165) is 12.1 Å². The first kappa shape index (κ1) is 47.5. The summed E-state index contributed by atoms with van der Waals surface area (Å²) in [5, 5.41) is 81.3. The molecule has 0 atom stereocenters. The van der Waals surface area contributed by atoms with Crippen LogP contribution >= 0.6 is 0 Å². The Labute approximate surface area is 396 Å². The molecule has 0 unspecified atom stereocenters. The standard InChI is InChI=1S/C48H36N6O14S2/c1-67-41-21-25(11-17-35(41)49-47(59)27-13-15-33(37(55)19-27)51-53-45-31-9-5-3-7-29(31)43(23-39(45)57)69(61,62)63)26-12-18-36(42(22-26)68-2)50-48(60)28-14-16-34(38(56)20-28)52-54-46-32-10-6-4-8-30(32)44(24-40(46)58)70(64,65)66/h3-24,55-58H,1-2H3,(H,49,59)(H,50,60)(H,61,62,63)(H,64,65,66). The van der Waals surface area contributed by atoms with E-state index in [9.17, 15) is 56.6 Å². The van der Waals surface area contributed by atoms with E-state index in [4.69, 9.17) is 9.47 Å². The van der Waals surface area contributed by atoms with Gasteiger partial charge in [0.15, 0.2) is 0 Å². The number of ether oxygens (including phenoxy) is 2. The normalized spacial score (nSPS) is 12.6. The second-order valence-electron chi connectivity index (χ2n) is 15.0. The molecule has 354 valence electrons. The fourth-order valence-corrected chi connectivity index (χ4v) is 8.65. The Morgan fingerprint density at radius 3 is 1.13 bits per heavy atom. The Kier molecular flexibility index (Phi) is 12.9. The molecular formula is C48H36N6O14S2. The van der Waals surface area contributed by atoms with Gasteiger partial charge in [-0.25, -0.2) is 9.98 Å². The third-order valence-electron chi connectivity index (χ3n) is 10.6. The van der Waals surface area contributed by atoms with Gasteiger partial charge < -0.3 is 40.1 Å². The fourth-order valence-electron chi connectivity index (χ4n) is 7.22. The summed E-state index contributed by atoms with van der Waals surface area (Å²) in [5.74, 6) is -2.49. The third kappa shape index (κ3) is 9.72. The predicted molar refractivity (Wildman–Crippen MR) is 258 cm³/mol. The minimum atomic E-state index is -4.68. The highest BCUT2D eigenvalue weighted by molar-refractivity contribution is 7.86. The lowest BCUT2D eigenvalue weighted by molar-refractivity contribution is 0.415. The first-order valence-electron chi connectivity index (χ1n) is 20.2. The van der Waals surface area contributed by atoms with Crippen molar-refractivity contribution in [2.24, 2.45) is 30.4 Å². The zero-order chi connectivity index (χ0) is 50.1. The maximum atomic E-state index is 11.9. The van der Waals surface area contributed by atoms with Crippen molar-refractivity contribution in [1.29, 1.82) is 0 Å². The average molecular weight is 985 g/mol. The summed E-state index contributed by atoms with van der Waals surface area (Å²) in [5.41, 5.74) is 1.52. The Bertz CT molecular complexity index is 3540. The minimum Gasteiger partial charge on any atom is -0.506 e. The van der Waals surface area contributed by atoms with E-state index in [2.05, 4.69) is 30.4 Å². The van der Waals surface area contributed by atoms with Crippen molar-refractivity contribution in [2.75, 3.05) is 14.2 Å². The van der Waals surface area contributed by atoms with Crippen molar-refractivity contribution in [3.8, 4) is 45.6 Å². The summed E-state index contributed by atoms with van der Waals surface area (Å²) in [6, 6.07) is 31.4. The highest BCUT2D eigenvalue weighted by atomic mass is 32.2. The molecule has 0 amide bonds. The molecule has 0 heterocycles. The molecule has 70 heavy (non-hydrogen) atoms. The maximum absolute atomic E-state index is 11.9. The number of aromatic hydroxyl groups is 4. The zero-order valence-corrected chi connectivity index (χ0v) is 37.9. The molecule has 0 fully saturated rings. The van der Waals surface area contributed by atoms with E-state index in [0.29, 0.717) is 11.1 Å². The lowest BCUT2D eigenvalue weighted by Gasteiger charge is -2.11. The molecule has 8 aromatic rings. The summed E-state index contributed by atoms with van der Waals surface area (Å²) >= 11 is 0. The zero-order valence-electron chi connectivity index (χ0n) is 36.2. The second kappa shape index (κ2) is 19.0. The largest absolute Gasteiger partial charge is 0.506 e. The van der Waals surface area contributed by atoms with Crippen LogP contribution in [0.4, 0.5) is 34.1 Å². The van der Waals surface area contributed by atoms with Crippen LogP contribution in [-0.2, 0) is 20.2 Å². The number of azo groups is 2. The van der Waals surface area contributed by atoms with Crippen LogP contribution in [-0.4, -0.2) is 82.6 Å². The van der Waals surface area contributed by atoms with Crippen LogP contribution in [0.3, 0.4) is 0 Å². The van der Waals surface area contributed by atoms with Gasteiger partial charge in [0, 0.05) is 44.8 Å². The molecule has 0 aliphatic heterocycles. The van der Waals surface area contributed by atoms with Crippen molar-refractivity contribution in [3.63, 3.8) is 0 Å². The van der Waals surface area contributed by atoms with Gasteiger partial charge in [0.2, 0.25) is 11.8 Å². The average Bonchev–Trinajstić information content (AvgIpc) is 3.33. The van der Waals surface area contributed by atoms with Crippen LogP contribution in [0.5, 0.6) is 34.5 Å². The molecule has 22 heteroatoms. The maximum Gasteiger partial charge on any atom is 0.295 e. The van der Waals surface area contributed by atoms with Gasteiger partial charge in [0.25, 0.3) is 20.2 Å². The summed E-state index contributed by atoms with van der Waals surface area (Å²) in [7, 11) is -6.55. The molecule has 0 spiro atoms. The molecule has 8 rings (SSSR count). The Morgan fingerprint density at radius 2 is 0.786 bits per heavy atom. The number of aliphatic hydroxyl groups excluding tert-OH is 2. The first-order chi connectivity index (χ1) is 33.3. The number of rotatable bonds is 13. The Hall–Kier alpha value is -8.96. The van der Waals surface area contributed by atoms with Crippen molar-refractivity contribution in [3.05, 3.63) is 145 Å². The number of benzene rings is 8. The lowest BCUT2D eigenvalue weighted by Crippen LogP contribution is -1.99. The molecule has 8 aromatic carbocycles. The number of methoxy groups -OCH3 is 2. The van der Waals surface area contributed by atoms with E-state index in [-0.39, 0.29) is 78.3 Å². The number of aliphatic hydroxyl groups is 2. The highest BCUT2D eigenvalue weighted by Crippen LogP contribution is 2.43. The van der Waals surface area contributed by atoms with E-state index in [1.54, 1.807) is 60.7 Å². The van der Waals surface area contributed by atoms with Gasteiger partial charge in [0.1, 0.15) is 78.4 Å². The van der Waals surface area contributed by atoms with E-state index in [1.807, 2.05) is 0 Å². The van der Waals surface area contributed by atoms with Gasteiger partial charge >= 0.3 is 0 Å². The van der Waals surface area contributed by atoms with Crippen LogP contribution in [0.25, 0.3) is 32.7 Å². The van der Waals surface area contributed by atoms with Gasteiger partial charge in [-0.1, -0.05) is 60.7 Å². The number of aliphatic imine (C=N–C) groups is 2. The predicted octanol–water partition coefficient (Wildman–Crippen LogP) is 11.1. The first-order valence-corrected chi connectivity index (χ1v) is 23.1. The Morgan fingerprint density at radius 1 is 0.429 bits per heavy atom. The molecule has 0 saturated carbocycles. The van der Waals surface area contributed by atoms with Crippen molar-refractivity contribution >= 4 is 87.7 Å². The summed E-state index contributed by atoms with van der Waals surface area (Å²) < 4.78 is 78.1. The number of hydrogen-bond acceptors (Lipinski definition) is 16. The number of phenols is 4. The quantitative estimate of drug-likeness (QED) is 0.0230. The van der Waals surface area contributed by atoms with E-state index in [1.165, 1.54) is 74.9 Å². The number of fused-ring (bicyclic) bond motifs is 2. The van der Waals surface area contributed by atoms with Crippen molar-refractivity contribution in [1.82, 2.24) is 0 Å². The van der Waals surface area contributed by atoms with Crippen LogP contribution in [0.1, 0.15) is 11.1 Å². The van der Waals surface area contributed by atoms with Gasteiger partial charge in [0.05, 0.1) is 14.2 Å². The lowest BCUT2D eigenvalue weighted by atomic mass is 10.0. The van der Waals surface area contributed by atoms with E-state index >= 15 is 0 Å². The number of nitrogens with zero attached hydrogens (tertiary/aromatic N) is 6. The molecule has 0 saturated heterocycles. The monoisotopic (exact) mass is 984 g/mol. The smallest absolute Gasteiger partial charge is 0.295 e. The van der Waals surface area contributed by atoms with Crippen LogP contribution in [0.15, 0.2) is 174 Å². The summed E-state index contributed by atoms with van der Waals surface area (Å²) in [6.07, 6.45) is 0. The molecule has 0 aliphatic rings. The van der Waals surface area contributed by atoms with E-state index < -0.39 is 64.8 Å². The van der Waals surface area contributed by atoms with Gasteiger partial charge in [-0.2, -0.15) is 16.8 Å². The molecule has 0 radical (unpaired) electrons. The van der Waals surface area contributed by atoms with Crippen molar-refractivity contribution < 1.29 is 66.1 Å². The second-order valence-corrected chi connectivity index (χ2v) is 17.8. The van der Waals surface area contributed by atoms with Crippen LogP contribution < -0.4 is 9.47 Å². The summed E-state index contributed by atoms with van der Waals surface area (Å²) in [6.45, 7) is 0. The molecule has 0 aromatic heterocycles. The van der Waals surface area contributed by atoms with Gasteiger partial charge in [-0.15, -0.1) is 20.5 Å². The molecule has 20 nitrogen and oxygen atoms in total. The van der Waals surface area contributed by atoms with Crippen molar-refractivity contribution in [2.45, 2.75) is 9.79 Å². The number of hydrogen-bond donors (Lipinski definition) is 8. The molecule has 0 aliphatic carbocycles. The minimum absolute atomic E-state index is 0.0672. The van der Waals surface area contributed by atoms with Crippen LogP contribution in [0, 0.1) is 0 Å². The summed E-state index contributed by atoms with van der Waals surface area (Å²) in [4.78, 5) is 7.54. The highest BCUT2D eigenvalue weighted by Gasteiger charge is 2.22. The Balaban J connectivity index is 0.990.